The normalized spacial score (nSPS) is 14.6. The van der Waals surface area contributed by atoms with Gasteiger partial charge < -0.3 is 10.6 Å². The number of hydrogen-bond acceptors (Lipinski definition) is 5. The average molecular weight is 331 g/mol. The molecule has 0 aromatic heterocycles. The Kier molecular flexibility index (Phi) is 11.0. The van der Waals surface area contributed by atoms with Gasteiger partial charge in [0.25, 0.3) is 0 Å². The Morgan fingerprint density at radius 2 is 1.41 bits per heavy atom. The average Bonchev–Trinajstić information content (AvgIpc) is 2.43. The van der Waals surface area contributed by atoms with E-state index in [1.54, 1.807) is 11.8 Å². The standard InChI is InChI=1S/C17H34N2O2S/c1-11(2)16(20)14(18-7)8-9-22-10-15(19-13(5)6)17(21)12(3)4/h11-15,18-19H,8-10H2,1-7H3. The highest BCUT2D eigenvalue weighted by Gasteiger charge is 2.23. The zero-order chi connectivity index (χ0) is 17.3. The number of rotatable bonds is 12. The quantitative estimate of drug-likeness (QED) is 0.539. The molecule has 2 unspecified atom stereocenters. The lowest BCUT2D eigenvalue weighted by molar-refractivity contribution is -0.124. The van der Waals surface area contributed by atoms with E-state index in [2.05, 4.69) is 24.5 Å². The van der Waals surface area contributed by atoms with E-state index in [4.69, 9.17) is 0 Å². The number of likely N-dealkylation sites (N-methyl/N-ethyl adjacent to an activating group) is 1. The van der Waals surface area contributed by atoms with Crippen molar-refractivity contribution < 1.29 is 9.59 Å². The number of ketones is 2. The Balaban J connectivity index is 4.32. The van der Waals surface area contributed by atoms with E-state index in [1.165, 1.54) is 0 Å². The highest BCUT2D eigenvalue weighted by molar-refractivity contribution is 7.99. The number of Topliss-reactive ketones (excluding diaryl/α,β-unsaturated/α-hetero) is 2. The summed E-state index contributed by atoms with van der Waals surface area (Å²) in [6.07, 6.45) is 0.808. The molecule has 0 aliphatic carbocycles. The van der Waals surface area contributed by atoms with Crippen LogP contribution in [-0.4, -0.2) is 48.2 Å². The molecule has 0 aromatic carbocycles. The van der Waals surface area contributed by atoms with Crippen molar-refractivity contribution in [3.8, 4) is 0 Å². The predicted octanol–water partition coefficient (Wildman–Crippen LogP) is 2.51. The third kappa shape index (κ3) is 8.30. The fraction of sp³-hybridized carbons (Fsp3) is 0.882. The molecule has 0 amide bonds. The van der Waals surface area contributed by atoms with Gasteiger partial charge in [0.2, 0.25) is 0 Å². The van der Waals surface area contributed by atoms with Crippen molar-refractivity contribution in [1.29, 1.82) is 0 Å². The van der Waals surface area contributed by atoms with Crippen molar-refractivity contribution in [2.45, 2.75) is 66.1 Å². The fourth-order valence-corrected chi connectivity index (χ4v) is 3.32. The lowest BCUT2D eigenvalue weighted by atomic mass is 10.0. The van der Waals surface area contributed by atoms with E-state index in [1.807, 2.05) is 34.7 Å². The molecular weight excluding hydrogens is 296 g/mol. The molecule has 5 heteroatoms. The van der Waals surface area contributed by atoms with Crippen LogP contribution >= 0.6 is 11.8 Å². The SMILES string of the molecule is CNC(CCSCC(NC(C)C)C(=O)C(C)C)C(=O)C(C)C. The maximum Gasteiger partial charge on any atom is 0.153 e. The molecule has 130 valence electrons. The van der Waals surface area contributed by atoms with Gasteiger partial charge in [0.05, 0.1) is 12.1 Å². The molecule has 0 aliphatic rings. The highest BCUT2D eigenvalue weighted by atomic mass is 32.2. The first-order valence-corrected chi connectivity index (χ1v) is 9.44. The Bertz CT molecular complexity index is 344. The van der Waals surface area contributed by atoms with E-state index in [0.717, 1.165) is 17.9 Å². The van der Waals surface area contributed by atoms with Gasteiger partial charge in [-0.25, -0.2) is 0 Å². The molecule has 0 aromatic rings. The minimum Gasteiger partial charge on any atom is -0.311 e. The summed E-state index contributed by atoms with van der Waals surface area (Å²) < 4.78 is 0. The molecule has 0 saturated heterocycles. The van der Waals surface area contributed by atoms with Gasteiger partial charge in [0.1, 0.15) is 0 Å². The fourth-order valence-electron chi connectivity index (χ4n) is 2.25. The second kappa shape index (κ2) is 11.2. The molecule has 0 saturated carbocycles. The second-order valence-electron chi connectivity index (χ2n) is 6.69. The van der Waals surface area contributed by atoms with Crippen LogP contribution in [-0.2, 0) is 9.59 Å². The van der Waals surface area contributed by atoms with Crippen LogP contribution in [0.3, 0.4) is 0 Å². The van der Waals surface area contributed by atoms with Crippen molar-refractivity contribution in [2.75, 3.05) is 18.6 Å². The van der Waals surface area contributed by atoms with Crippen molar-refractivity contribution >= 4 is 23.3 Å². The van der Waals surface area contributed by atoms with Crippen LogP contribution in [0, 0.1) is 11.8 Å². The van der Waals surface area contributed by atoms with E-state index in [0.29, 0.717) is 6.04 Å². The number of carbonyl (C=O) groups excluding carboxylic acids is 2. The van der Waals surface area contributed by atoms with Gasteiger partial charge in [0.15, 0.2) is 11.6 Å². The van der Waals surface area contributed by atoms with Gasteiger partial charge in [0, 0.05) is 23.6 Å². The number of carbonyl (C=O) groups is 2. The van der Waals surface area contributed by atoms with Gasteiger partial charge >= 0.3 is 0 Å². The first kappa shape index (κ1) is 21.6. The van der Waals surface area contributed by atoms with Gasteiger partial charge in [-0.2, -0.15) is 11.8 Å². The topological polar surface area (TPSA) is 58.2 Å². The van der Waals surface area contributed by atoms with Crippen molar-refractivity contribution in [2.24, 2.45) is 11.8 Å². The first-order chi connectivity index (χ1) is 10.2. The molecule has 0 heterocycles. The Labute approximate surface area is 140 Å². The maximum absolute atomic E-state index is 12.2. The summed E-state index contributed by atoms with van der Waals surface area (Å²) in [5.74, 6) is 2.28. The number of hydrogen-bond donors (Lipinski definition) is 2. The Morgan fingerprint density at radius 1 is 0.909 bits per heavy atom. The van der Waals surface area contributed by atoms with Crippen LogP contribution in [0.5, 0.6) is 0 Å². The van der Waals surface area contributed by atoms with Crippen molar-refractivity contribution in [3.63, 3.8) is 0 Å². The van der Waals surface area contributed by atoms with Crippen molar-refractivity contribution in [3.05, 3.63) is 0 Å². The summed E-state index contributed by atoms with van der Waals surface area (Å²) in [6.45, 7) is 11.9. The first-order valence-electron chi connectivity index (χ1n) is 8.29. The van der Waals surface area contributed by atoms with E-state index in [-0.39, 0.29) is 35.5 Å². The van der Waals surface area contributed by atoms with Gasteiger partial charge in [-0.1, -0.05) is 41.5 Å². The lowest BCUT2D eigenvalue weighted by Crippen LogP contribution is -2.44. The molecule has 0 radical (unpaired) electrons. The number of thioether (sulfide) groups is 1. The maximum atomic E-state index is 12.2. The third-order valence-electron chi connectivity index (χ3n) is 3.54. The third-order valence-corrected chi connectivity index (χ3v) is 4.64. The lowest BCUT2D eigenvalue weighted by Gasteiger charge is -2.22. The minimum atomic E-state index is -0.0983. The second-order valence-corrected chi connectivity index (χ2v) is 7.84. The Morgan fingerprint density at radius 3 is 1.82 bits per heavy atom. The minimum absolute atomic E-state index is 0.0458. The Hall–Kier alpha value is -0.390. The summed E-state index contributed by atoms with van der Waals surface area (Å²) in [6, 6.07) is 0.115. The monoisotopic (exact) mass is 330 g/mol. The van der Waals surface area contributed by atoms with Gasteiger partial charge in [-0.15, -0.1) is 0 Å². The molecular formula is C17H34N2O2S. The molecule has 4 nitrogen and oxygen atoms in total. The molecule has 22 heavy (non-hydrogen) atoms. The van der Waals surface area contributed by atoms with Crippen LogP contribution in [0.1, 0.15) is 48.0 Å². The van der Waals surface area contributed by atoms with Crippen LogP contribution in [0.4, 0.5) is 0 Å². The van der Waals surface area contributed by atoms with E-state index in [9.17, 15) is 9.59 Å². The smallest absolute Gasteiger partial charge is 0.153 e. The summed E-state index contributed by atoms with van der Waals surface area (Å²) in [5.41, 5.74) is 0. The summed E-state index contributed by atoms with van der Waals surface area (Å²) in [4.78, 5) is 24.2. The van der Waals surface area contributed by atoms with Crippen LogP contribution in [0.2, 0.25) is 0 Å². The molecule has 0 spiro atoms. The molecule has 2 N–H and O–H groups in total. The van der Waals surface area contributed by atoms with Crippen LogP contribution < -0.4 is 10.6 Å². The van der Waals surface area contributed by atoms with Crippen molar-refractivity contribution in [1.82, 2.24) is 10.6 Å². The summed E-state index contributed by atoms with van der Waals surface area (Å²) >= 11 is 1.75. The van der Waals surface area contributed by atoms with Gasteiger partial charge in [-0.3, -0.25) is 9.59 Å². The predicted molar refractivity (Wildman–Crippen MR) is 96.5 cm³/mol. The number of nitrogens with one attached hydrogen (secondary N) is 2. The van der Waals surface area contributed by atoms with Crippen LogP contribution in [0.15, 0.2) is 0 Å². The molecule has 0 rings (SSSR count). The molecule has 0 aliphatic heterocycles. The van der Waals surface area contributed by atoms with E-state index >= 15 is 0 Å². The van der Waals surface area contributed by atoms with E-state index < -0.39 is 0 Å². The molecule has 2 atom stereocenters. The zero-order valence-electron chi connectivity index (χ0n) is 15.2. The summed E-state index contributed by atoms with van der Waals surface area (Å²) in [5, 5.41) is 6.45. The van der Waals surface area contributed by atoms with Gasteiger partial charge in [-0.05, 0) is 19.2 Å². The molecule has 0 bridgehead atoms. The zero-order valence-corrected chi connectivity index (χ0v) is 16.0. The highest BCUT2D eigenvalue weighted by Crippen LogP contribution is 2.13. The van der Waals surface area contributed by atoms with Crippen LogP contribution in [0.25, 0.3) is 0 Å². The summed E-state index contributed by atoms with van der Waals surface area (Å²) in [7, 11) is 1.83. The molecule has 0 fully saturated rings. The largest absolute Gasteiger partial charge is 0.311 e.